The normalized spacial score (nSPS) is 17.2. The Kier molecular flexibility index (Phi) is 7.73. The van der Waals surface area contributed by atoms with Gasteiger partial charge in [-0.3, -0.25) is 4.79 Å². The van der Waals surface area contributed by atoms with Crippen LogP contribution in [0.25, 0.3) is 0 Å². The highest BCUT2D eigenvalue weighted by atomic mass is 35.5. The first-order valence-electron chi connectivity index (χ1n) is 7.11. The molecule has 0 amide bonds. The summed E-state index contributed by atoms with van der Waals surface area (Å²) in [5.74, 6) is 0.357. The number of hydrogen-bond donors (Lipinski definition) is 0. The summed E-state index contributed by atoms with van der Waals surface area (Å²) in [6.07, 6.45) is 5.68. The maximum Gasteiger partial charge on any atom is 0.508 e. The first-order chi connectivity index (χ1) is 9.58. The topological polar surface area (TPSA) is 61.8 Å². The minimum absolute atomic E-state index is 0.0170. The fraction of sp³-hybridized carbons (Fsp3) is 0.857. The number of hydrogen-bond acceptors (Lipinski definition) is 5. The van der Waals surface area contributed by atoms with E-state index in [0.717, 1.165) is 38.0 Å². The van der Waals surface area contributed by atoms with Gasteiger partial charge < -0.3 is 14.2 Å². The van der Waals surface area contributed by atoms with Gasteiger partial charge in [-0.15, -0.1) is 11.6 Å². The SMILES string of the molecule is CC1(C(=O)OCCCCCCCCCl)COC(=O)OC1. The summed E-state index contributed by atoms with van der Waals surface area (Å²) in [4.78, 5) is 22.7. The van der Waals surface area contributed by atoms with Gasteiger partial charge in [-0.05, 0) is 19.8 Å². The highest BCUT2D eigenvalue weighted by Gasteiger charge is 2.41. The van der Waals surface area contributed by atoms with Gasteiger partial charge in [0, 0.05) is 5.88 Å². The molecule has 0 bridgehead atoms. The lowest BCUT2D eigenvalue weighted by Crippen LogP contribution is -2.44. The van der Waals surface area contributed by atoms with Gasteiger partial charge in [0.1, 0.15) is 18.6 Å². The number of carbonyl (C=O) groups is 2. The van der Waals surface area contributed by atoms with E-state index in [1.165, 1.54) is 6.42 Å². The average Bonchev–Trinajstić information content (AvgIpc) is 2.45. The Morgan fingerprint density at radius 1 is 1.15 bits per heavy atom. The van der Waals surface area contributed by atoms with E-state index in [9.17, 15) is 9.59 Å². The number of esters is 1. The fourth-order valence-corrected chi connectivity index (χ4v) is 2.07. The van der Waals surface area contributed by atoms with Crippen LogP contribution in [0, 0.1) is 5.41 Å². The van der Waals surface area contributed by atoms with E-state index in [0.29, 0.717) is 6.61 Å². The second kappa shape index (κ2) is 9.06. The quantitative estimate of drug-likeness (QED) is 0.371. The summed E-state index contributed by atoms with van der Waals surface area (Å²) in [6.45, 7) is 2.11. The molecule has 1 heterocycles. The summed E-state index contributed by atoms with van der Waals surface area (Å²) in [5, 5.41) is 0. The van der Waals surface area contributed by atoms with E-state index in [1.54, 1.807) is 6.92 Å². The molecule has 1 fully saturated rings. The van der Waals surface area contributed by atoms with Crippen molar-refractivity contribution in [3.8, 4) is 0 Å². The van der Waals surface area contributed by atoms with Crippen LogP contribution in [0.4, 0.5) is 4.79 Å². The molecule has 0 atom stereocenters. The Hall–Kier alpha value is -0.970. The lowest BCUT2D eigenvalue weighted by molar-refractivity contribution is -0.166. The zero-order valence-corrected chi connectivity index (χ0v) is 12.7. The van der Waals surface area contributed by atoms with Gasteiger partial charge in [-0.2, -0.15) is 0 Å². The van der Waals surface area contributed by atoms with Gasteiger partial charge in [0.25, 0.3) is 0 Å². The molecule has 0 aromatic heterocycles. The summed E-state index contributed by atoms with van der Waals surface area (Å²) in [7, 11) is 0. The third kappa shape index (κ3) is 5.99. The minimum atomic E-state index is -0.881. The molecule has 0 aromatic rings. The predicted molar refractivity (Wildman–Crippen MR) is 74.8 cm³/mol. The van der Waals surface area contributed by atoms with Crippen LogP contribution in [0.2, 0.25) is 0 Å². The maximum atomic E-state index is 11.9. The van der Waals surface area contributed by atoms with E-state index >= 15 is 0 Å². The zero-order valence-electron chi connectivity index (χ0n) is 12.0. The molecule has 0 unspecified atom stereocenters. The van der Waals surface area contributed by atoms with Gasteiger partial charge >= 0.3 is 12.1 Å². The molecular formula is C14H23ClO5. The highest BCUT2D eigenvalue weighted by molar-refractivity contribution is 6.17. The first kappa shape index (κ1) is 17.1. The Bertz CT molecular complexity index is 309. The molecule has 5 nitrogen and oxygen atoms in total. The molecule has 116 valence electrons. The molecule has 1 aliphatic rings. The van der Waals surface area contributed by atoms with Crippen LogP contribution in [0.5, 0.6) is 0 Å². The number of halogens is 1. The van der Waals surface area contributed by atoms with Crippen molar-refractivity contribution in [1.82, 2.24) is 0 Å². The molecule has 0 aliphatic carbocycles. The van der Waals surface area contributed by atoms with Crippen LogP contribution in [0.3, 0.4) is 0 Å². The van der Waals surface area contributed by atoms with Crippen LogP contribution >= 0.6 is 11.6 Å². The van der Waals surface area contributed by atoms with Crippen molar-refractivity contribution < 1.29 is 23.8 Å². The van der Waals surface area contributed by atoms with Crippen molar-refractivity contribution in [2.75, 3.05) is 25.7 Å². The Balaban J connectivity index is 2.06. The highest BCUT2D eigenvalue weighted by Crippen LogP contribution is 2.24. The third-order valence-corrected chi connectivity index (χ3v) is 3.54. The van der Waals surface area contributed by atoms with Gasteiger partial charge in [-0.1, -0.05) is 25.7 Å². The van der Waals surface area contributed by atoms with Crippen LogP contribution in [-0.4, -0.2) is 37.8 Å². The molecule has 1 aliphatic heterocycles. The predicted octanol–water partition coefficient (Wildman–Crippen LogP) is 3.28. The van der Waals surface area contributed by atoms with E-state index in [-0.39, 0.29) is 19.2 Å². The van der Waals surface area contributed by atoms with Crippen molar-refractivity contribution in [2.24, 2.45) is 5.41 Å². The molecule has 0 radical (unpaired) electrons. The largest absolute Gasteiger partial charge is 0.508 e. The lowest BCUT2D eigenvalue weighted by atomic mass is 9.93. The number of ether oxygens (including phenoxy) is 3. The van der Waals surface area contributed by atoms with Crippen molar-refractivity contribution in [2.45, 2.75) is 45.4 Å². The standard InChI is InChI=1S/C14H23ClO5/c1-14(10-19-13(17)20-11-14)12(16)18-9-7-5-3-2-4-6-8-15/h2-11H2,1H3. The molecule has 0 saturated carbocycles. The summed E-state index contributed by atoms with van der Waals surface area (Å²) < 4.78 is 14.7. The molecule has 6 heteroatoms. The van der Waals surface area contributed by atoms with E-state index in [4.69, 9.17) is 25.8 Å². The molecule has 20 heavy (non-hydrogen) atoms. The summed E-state index contributed by atoms with van der Waals surface area (Å²) >= 11 is 5.60. The third-order valence-electron chi connectivity index (χ3n) is 3.27. The zero-order chi connectivity index (χ0) is 14.8. The Morgan fingerprint density at radius 2 is 1.70 bits per heavy atom. The van der Waals surface area contributed by atoms with Crippen LogP contribution in [0.15, 0.2) is 0 Å². The van der Waals surface area contributed by atoms with Crippen molar-refractivity contribution in [1.29, 1.82) is 0 Å². The van der Waals surface area contributed by atoms with E-state index < -0.39 is 11.6 Å². The number of cyclic esters (lactones) is 2. The van der Waals surface area contributed by atoms with E-state index in [2.05, 4.69) is 0 Å². The van der Waals surface area contributed by atoms with Crippen LogP contribution in [0.1, 0.15) is 45.4 Å². The average molecular weight is 307 g/mol. The van der Waals surface area contributed by atoms with Crippen molar-refractivity contribution >= 4 is 23.7 Å². The minimum Gasteiger partial charge on any atom is -0.465 e. The Labute approximate surface area is 124 Å². The number of rotatable bonds is 9. The summed E-state index contributed by atoms with van der Waals surface area (Å²) in [5.41, 5.74) is -0.881. The van der Waals surface area contributed by atoms with Gasteiger partial charge in [0.15, 0.2) is 0 Å². The van der Waals surface area contributed by atoms with Gasteiger partial charge in [0.05, 0.1) is 6.61 Å². The molecule has 0 spiro atoms. The molecule has 0 N–H and O–H groups in total. The van der Waals surface area contributed by atoms with Crippen LogP contribution in [-0.2, 0) is 19.0 Å². The number of alkyl halides is 1. The van der Waals surface area contributed by atoms with Gasteiger partial charge in [0.2, 0.25) is 0 Å². The van der Waals surface area contributed by atoms with E-state index in [1.807, 2.05) is 0 Å². The molecule has 1 rings (SSSR count). The molecule has 0 aromatic carbocycles. The van der Waals surface area contributed by atoms with Crippen molar-refractivity contribution in [3.05, 3.63) is 0 Å². The van der Waals surface area contributed by atoms with Crippen LogP contribution < -0.4 is 0 Å². The number of unbranched alkanes of at least 4 members (excludes halogenated alkanes) is 5. The number of carbonyl (C=O) groups excluding carboxylic acids is 2. The molecular weight excluding hydrogens is 284 g/mol. The molecule has 1 saturated heterocycles. The first-order valence-corrected chi connectivity index (χ1v) is 7.65. The fourth-order valence-electron chi connectivity index (χ4n) is 1.88. The smallest absolute Gasteiger partial charge is 0.465 e. The van der Waals surface area contributed by atoms with Crippen molar-refractivity contribution in [3.63, 3.8) is 0 Å². The van der Waals surface area contributed by atoms with Gasteiger partial charge in [-0.25, -0.2) is 4.79 Å². The summed E-state index contributed by atoms with van der Waals surface area (Å²) in [6, 6.07) is 0. The maximum absolute atomic E-state index is 11.9. The lowest BCUT2D eigenvalue weighted by Gasteiger charge is -2.29. The Morgan fingerprint density at radius 3 is 2.30 bits per heavy atom. The second-order valence-electron chi connectivity index (χ2n) is 5.33. The second-order valence-corrected chi connectivity index (χ2v) is 5.71. The monoisotopic (exact) mass is 306 g/mol.